The lowest BCUT2D eigenvalue weighted by atomic mass is 10.1. The summed E-state index contributed by atoms with van der Waals surface area (Å²) < 4.78 is 0. The molecule has 27 heavy (non-hydrogen) atoms. The van der Waals surface area contributed by atoms with E-state index >= 15 is 0 Å². The molecule has 1 aromatic carbocycles. The molecule has 7 nitrogen and oxygen atoms in total. The molecule has 2 aromatic rings. The number of anilines is 2. The van der Waals surface area contributed by atoms with E-state index in [0.717, 1.165) is 29.0 Å². The fourth-order valence-corrected chi connectivity index (χ4v) is 4.69. The van der Waals surface area contributed by atoms with Gasteiger partial charge in [-0.1, -0.05) is 0 Å². The number of amides is 4. The van der Waals surface area contributed by atoms with Crippen molar-refractivity contribution in [3.63, 3.8) is 0 Å². The van der Waals surface area contributed by atoms with Crippen molar-refractivity contribution in [2.75, 3.05) is 24.2 Å². The Labute approximate surface area is 160 Å². The number of nitrogens with zero attached hydrogens (tertiary/aromatic N) is 1. The average molecular weight is 384 g/mol. The fourth-order valence-electron chi connectivity index (χ4n) is 3.59. The van der Waals surface area contributed by atoms with Gasteiger partial charge < -0.3 is 20.9 Å². The molecule has 1 aromatic heterocycles. The smallest absolute Gasteiger partial charge is 0.322 e. The molecule has 3 N–H and O–H groups in total. The quantitative estimate of drug-likeness (QED) is 0.760. The van der Waals surface area contributed by atoms with Gasteiger partial charge in [0, 0.05) is 29.8 Å². The molecule has 0 unspecified atom stereocenters. The van der Waals surface area contributed by atoms with Crippen LogP contribution in [0.4, 0.5) is 16.2 Å². The molecule has 4 rings (SSSR count). The van der Waals surface area contributed by atoms with Crippen LogP contribution in [0.5, 0.6) is 0 Å². The monoisotopic (exact) mass is 384 g/mol. The van der Waals surface area contributed by atoms with Gasteiger partial charge in [-0.25, -0.2) is 4.79 Å². The van der Waals surface area contributed by atoms with E-state index in [1.165, 1.54) is 11.3 Å². The molecule has 2 aliphatic rings. The van der Waals surface area contributed by atoms with Gasteiger partial charge in [0.2, 0.25) is 5.91 Å². The van der Waals surface area contributed by atoms with E-state index in [-0.39, 0.29) is 23.9 Å². The van der Waals surface area contributed by atoms with Gasteiger partial charge in [-0.05, 0) is 48.7 Å². The molecule has 3 heterocycles. The van der Waals surface area contributed by atoms with Crippen molar-refractivity contribution < 1.29 is 14.4 Å². The second kappa shape index (κ2) is 7.03. The zero-order valence-corrected chi connectivity index (χ0v) is 15.7. The summed E-state index contributed by atoms with van der Waals surface area (Å²) in [5.41, 5.74) is 2.37. The Hall–Kier alpha value is -2.87. The highest BCUT2D eigenvalue weighted by molar-refractivity contribution is 7.14. The van der Waals surface area contributed by atoms with Crippen molar-refractivity contribution >= 4 is 40.6 Å². The number of likely N-dealkylation sites (tertiary alicyclic amines) is 1. The molecular formula is C19H20N4O3S. The minimum Gasteiger partial charge on any atom is -0.354 e. The van der Waals surface area contributed by atoms with Crippen molar-refractivity contribution in [3.8, 4) is 0 Å². The van der Waals surface area contributed by atoms with E-state index in [0.29, 0.717) is 23.5 Å². The maximum atomic E-state index is 12.8. The minimum absolute atomic E-state index is 0.0222. The molecule has 0 spiro atoms. The normalized spacial score (nSPS) is 18.2. The molecule has 1 saturated heterocycles. The summed E-state index contributed by atoms with van der Waals surface area (Å²) in [6, 6.07) is 8.99. The van der Waals surface area contributed by atoms with Gasteiger partial charge >= 0.3 is 6.03 Å². The first-order valence-electron chi connectivity index (χ1n) is 8.87. The Bertz CT molecular complexity index is 923. The van der Waals surface area contributed by atoms with Crippen LogP contribution in [0.15, 0.2) is 30.3 Å². The van der Waals surface area contributed by atoms with E-state index in [2.05, 4.69) is 16.0 Å². The van der Waals surface area contributed by atoms with E-state index in [9.17, 15) is 14.4 Å². The summed E-state index contributed by atoms with van der Waals surface area (Å²) in [5, 5.41) is 8.35. The van der Waals surface area contributed by atoms with Crippen LogP contribution in [-0.2, 0) is 11.2 Å². The van der Waals surface area contributed by atoms with Gasteiger partial charge in [-0.2, -0.15) is 0 Å². The van der Waals surface area contributed by atoms with Gasteiger partial charge in [0.15, 0.2) is 0 Å². The van der Waals surface area contributed by atoms with Crippen molar-refractivity contribution in [2.24, 2.45) is 0 Å². The van der Waals surface area contributed by atoms with E-state index < -0.39 is 0 Å². The van der Waals surface area contributed by atoms with Crippen LogP contribution >= 0.6 is 11.3 Å². The lowest BCUT2D eigenvalue weighted by Crippen LogP contribution is -2.34. The third kappa shape index (κ3) is 3.40. The van der Waals surface area contributed by atoms with Crippen LogP contribution in [0.1, 0.15) is 39.0 Å². The predicted octanol–water partition coefficient (Wildman–Crippen LogP) is 2.97. The second-order valence-electron chi connectivity index (χ2n) is 6.66. The molecule has 0 saturated carbocycles. The number of carbonyl (C=O) groups excluding carboxylic acids is 3. The number of nitrogens with one attached hydrogen (secondary N) is 3. The average Bonchev–Trinajstić information content (AvgIpc) is 3.38. The highest BCUT2D eigenvalue weighted by Gasteiger charge is 2.31. The summed E-state index contributed by atoms with van der Waals surface area (Å²) in [6.07, 6.45) is 2.14. The second-order valence-corrected chi connectivity index (χ2v) is 7.77. The highest BCUT2D eigenvalue weighted by Crippen LogP contribution is 2.36. The molecule has 140 valence electrons. The molecule has 0 aliphatic carbocycles. The molecule has 0 bridgehead atoms. The molecule has 1 fully saturated rings. The zero-order chi connectivity index (χ0) is 19.0. The SMILES string of the molecule is CNC(=O)c1ccc([C@@H]2CCCN2C(=O)Nc2ccc3c(c2)CC(=O)N3)s1. The maximum Gasteiger partial charge on any atom is 0.322 e. The van der Waals surface area contributed by atoms with Gasteiger partial charge in [-0.3, -0.25) is 9.59 Å². The minimum atomic E-state index is -0.162. The summed E-state index contributed by atoms with van der Waals surface area (Å²) in [7, 11) is 1.61. The summed E-state index contributed by atoms with van der Waals surface area (Å²) in [4.78, 5) is 39.6. The van der Waals surface area contributed by atoms with Crippen LogP contribution in [0.25, 0.3) is 0 Å². The summed E-state index contributed by atoms with van der Waals surface area (Å²) >= 11 is 1.43. The third-order valence-corrected chi connectivity index (χ3v) is 6.09. The van der Waals surface area contributed by atoms with Crippen molar-refractivity contribution in [1.82, 2.24) is 10.2 Å². The third-order valence-electron chi connectivity index (χ3n) is 4.90. The fraction of sp³-hybridized carbons (Fsp3) is 0.316. The lowest BCUT2D eigenvalue weighted by Gasteiger charge is -2.24. The summed E-state index contributed by atoms with van der Waals surface area (Å²) in [6.45, 7) is 0.675. The standard InChI is InChI=1S/C19H20N4O3S/c1-20-18(25)16-7-6-15(27-16)14-3-2-8-23(14)19(26)21-12-4-5-13-11(9-12)10-17(24)22-13/h4-7,9,14H,2-3,8,10H2,1H3,(H,20,25)(H,21,26)(H,22,24)/t14-/m0/s1. The number of thiophene rings is 1. The Morgan fingerprint density at radius 1 is 1.26 bits per heavy atom. The first-order valence-corrected chi connectivity index (χ1v) is 9.69. The molecule has 8 heteroatoms. The number of hydrogen-bond acceptors (Lipinski definition) is 4. The Kier molecular flexibility index (Phi) is 4.57. The number of benzene rings is 1. The van der Waals surface area contributed by atoms with Crippen molar-refractivity contribution in [1.29, 1.82) is 0 Å². The lowest BCUT2D eigenvalue weighted by molar-refractivity contribution is -0.115. The van der Waals surface area contributed by atoms with Gasteiger partial charge in [-0.15, -0.1) is 11.3 Å². The molecule has 0 radical (unpaired) electrons. The number of urea groups is 1. The first-order chi connectivity index (χ1) is 13.0. The topological polar surface area (TPSA) is 90.5 Å². The largest absolute Gasteiger partial charge is 0.354 e. The summed E-state index contributed by atoms with van der Waals surface area (Å²) in [5.74, 6) is -0.140. The van der Waals surface area contributed by atoms with Crippen LogP contribution in [0.2, 0.25) is 0 Å². The van der Waals surface area contributed by atoms with E-state index in [4.69, 9.17) is 0 Å². The number of fused-ring (bicyclic) bond motifs is 1. The van der Waals surface area contributed by atoms with Crippen LogP contribution < -0.4 is 16.0 Å². The maximum absolute atomic E-state index is 12.8. The van der Waals surface area contributed by atoms with Gasteiger partial charge in [0.25, 0.3) is 5.91 Å². The Balaban J connectivity index is 1.48. The Morgan fingerprint density at radius 2 is 2.11 bits per heavy atom. The van der Waals surface area contributed by atoms with E-state index in [1.807, 2.05) is 23.1 Å². The molecule has 2 aliphatic heterocycles. The molecule has 1 atom stereocenters. The highest BCUT2D eigenvalue weighted by atomic mass is 32.1. The van der Waals surface area contributed by atoms with Gasteiger partial charge in [0.1, 0.15) is 0 Å². The van der Waals surface area contributed by atoms with Gasteiger partial charge in [0.05, 0.1) is 17.3 Å². The molecular weight excluding hydrogens is 364 g/mol. The predicted molar refractivity (Wildman–Crippen MR) is 104 cm³/mol. The Morgan fingerprint density at radius 3 is 2.93 bits per heavy atom. The van der Waals surface area contributed by atoms with Crippen molar-refractivity contribution in [3.05, 3.63) is 45.6 Å². The number of carbonyl (C=O) groups is 3. The molecule has 4 amide bonds. The zero-order valence-electron chi connectivity index (χ0n) is 14.9. The number of rotatable bonds is 3. The van der Waals surface area contributed by atoms with E-state index in [1.54, 1.807) is 19.2 Å². The van der Waals surface area contributed by atoms with Crippen LogP contribution in [0, 0.1) is 0 Å². The van der Waals surface area contributed by atoms with Crippen LogP contribution in [-0.4, -0.2) is 36.3 Å². The van der Waals surface area contributed by atoms with Crippen LogP contribution in [0.3, 0.4) is 0 Å². The first kappa shape index (κ1) is 17.5. The number of hydrogen-bond donors (Lipinski definition) is 3. The van der Waals surface area contributed by atoms with Crippen molar-refractivity contribution in [2.45, 2.75) is 25.3 Å².